The number of anilines is 1. The van der Waals surface area contributed by atoms with Crippen LogP contribution in [0.3, 0.4) is 0 Å². The van der Waals surface area contributed by atoms with Crippen molar-refractivity contribution >= 4 is 28.8 Å². The average Bonchev–Trinajstić information content (AvgIpc) is 2.36. The third kappa shape index (κ3) is 5.14. The van der Waals surface area contributed by atoms with Gasteiger partial charge in [-0.25, -0.2) is 0 Å². The van der Waals surface area contributed by atoms with Crippen molar-refractivity contribution in [3.8, 4) is 0 Å². The summed E-state index contributed by atoms with van der Waals surface area (Å²) in [6.07, 6.45) is -4.45. The van der Waals surface area contributed by atoms with E-state index in [-0.39, 0.29) is 4.99 Å². The average molecular weight is 306 g/mol. The molecule has 1 aromatic rings. The third-order valence-corrected chi connectivity index (χ3v) is 2.62. The van der Waals surface area contributed by atoms with Crippen LogP contribution in [-0.4, -0.2) is 37.3 Å². The number of thiocarbonyl (C=S) groups is 1. The molecule has 0 atom stereocenters. The van der Waals surface area contributed by atoms with Crippen LogP contribution >= 0.6 is 12.2 Å². The van der Waals surface area contributed by atoms with Gasteiger partial charge in [-0.2, -0.15) is 13.2 Å². The smallest absolute Gasteiger partial charge is 0.389 e. The lowest BCUT2D eigenvalue weighted by atomic mass is 10.2. The Morgan fingerprint density at radius 3 is 2.65 bits per heavy atom. The van der Waals surface area contributed by atoms with Crippen LogP contribution in [0.25, 0.3) is 0 Å². The Morgan fingerprint density at radius 2 is 2.10 bits per heavy atom. The van der Waals surface area contributed by atoms with Crippen molar-refractivity contribution in [3.63, 3.8) is 0 Å². The van der Waals surface area contributed by atoms with Crippen molar-refractivity contribution < 1.29 is 22.7 Å². The van der Waals surface area contributed by atoms with Crippen molar-refractivity contribution in [1.82, 2.24) is 0 Å². The number of alkyl halides is 3. The summed E-state index contributed by atoms with van der Waals surface area (Å²) < 4.78 is 40.0. The van der Waals surface area contributed by atoms with E-state index in [4.69, 9.17) is 18.0 Å². The fourth-order valence-electron chi connectivity index (χ4n) is 1.36. The molecule has 0 fully saturated rings. The minimum absolute atomic E-state index is 0.168. The zero-order valence-electron chi connectivity index (χ0n) is 10.6. The molecule has 0 aliphatic rings. The van der Waals surface area contributed by atoms with Gasteiger partial charge >= 0.3 is 6.18 Å². The Bertz CT molecular complexity index is 506. The van der Waals surface area contributed by atoms with Crippen LogP contribution in [0, 0.1) is 0 Å². The Balaban J connectivity index is 2.65. The van der Waals surface area contributed by atoms with Crippen molar-refractivity contribution in [2.45, 2.75) is 6.18 Å². The van der Waals surface area contributed by atoms with E-state index >= 15 is 0 Å². The molecule has 0 heterocycles. The van der Waals surface area contributed by atoms with Gasteiger partial charge in [-0.3, -0.25) is 4.79 Å². The zero-order chi connectivity index (χ0) is 15.3. The minimum atomic E-state index is -4.45. The minimum Gasteiger partial charge on any atom is -0.389 e. The van der Waals surface area contributed by atoms with Gasteiger partial charge in [0.1, 0.15) is 18.2 Å². The van der Waals surface area contributed by atoms with Crippen LogP contribution in [0.4, 0.5) is 18.9 Å². The van der Waals surface area contributed by atoms with E-state index in [1.54, 1.807) is 24.3 Å². The number of halogens is 3. The molecule has 0 aliphatic carbocycles. The summed E-state index contributed by atoms with van der Waals surface area (Å²) in [5.74, 6) is -0.602. The quantitative estimate of drug-likeness (QED) is 0.844. The van der Waals surface area contributed by atoms with Gasteiger partial charge in [0.05, 0.1) is 0 Å². The zero-order valence-corrected chi connectivity index (χ0v) is 11.4. The lowest BCUT2D eigenvalue weighted by Crippen LogP contribution is -2.32. The van der Waals surface area contributed by atoms with Gasteiger partial charge in [0, 0.05) is 18.3 Å². The van der Waals surface area contributed by atoms with Crippen LogP contribution in [0.1, 0.15) is 5.56 Å². The maximum absolute atomic E-state index is 11.9. The molecule has 0 unspecified atom stereocenters. The van der Waals surface area contributed by atoms with Crippen molar-refractivity contribution in [2.75, 3.05) is 25.2 Å². The van der Waals surface area contributed by atoms with E-state index in [1.807, 2.05) is 0 Å². The summed E-state index contributed by atoms with van der Waals surface area (Å²) in [6, 6.07) is 6.50. The number of nitrogens with two attached hydrogens (primary N) is 1. The maximum atomic E-state index is 11.9. The summed E-state index contributed by atoms with van der Waals surface area (Å²) in [4.78, 5) is 13.0. The van der Waals surface area contributed by atoms with E-state index < -0.39 is 25.3 Å². The highest BCUT2D eigenvalue weighted by molar-refractivity contribution is 7.80. The molecule has 0 aromatic heterocycles. The Labute approximate surface area is 119 Å². The lowest BCUT2D eigenvalue weighted by Gasteiger charge is -2.18. The Morgan fingerprint density at radius 1 is 1.45 bits per heavy atom. The number of likely N-dealkylation sites (N-methyl/N-ethyl adjacent to an activating group) is 1. The maximum Gasteiger partial charge on any atom is 0.411 e. The summed E-state index contributed by atoms with van der Waals surface area (Å²) in [7, 11) is 1.43. The van der Waals surface area contributed by atoms with E-state index in [2.05, 4.69) is 4.74 Å². The van der Waals surface area contributed by atoms with E-state index in [0.717, 1.165) is 0 Å². The largest absolute Gasteiger partial charge is 0.411 e. The highest BCUT2D eigenvalue weighted by atomic mass is 32.1. The first-order valence-electron chi connectivity index (χ1n) is 5.51. The second kappa shape index (κ2) is 6.67. The van der Waals surface area contributed by atoms with E-state index in [1.165, 1.54) is 11.9 Å². The van der Waals surface area contributed by atoms with Crippen molar-refractivity contribution in [2.24, 2.45) is 5.73 Å². The van der Waals surface area contributed by atoms with Crippen molar-refractivity contribution in [3.05, 3.63) is 29.8 Å². The first-order chi connectivity index (χ1) is 9.20. The molecular formula is C12H13F3N2O2S. The number of carbonyl (C=O) groups is 1. The van der Waals surface area contributed by atoms with Gasteiger partial charge in [0.15, 0.2) is 0 Å². The van der Waals surface area contributed by atoms with Crippen LogP contribution in [0.15, 0.2) is 24.3 Å². The fraction of sp³-hybridized carbons (Fsp3) is 0.333. The van der Waals surface area contributed by atoms with Crippen LogP contribution < -0.4 is 10.6 Å². The Hall–Kier alpha value is -1.67. The number of carbonyl (C=O) groups excluding carboxylic acids is 1. The van der Waals surface area contributed by atoms with Crippen LogP contribution in [0.5, 0.6) is 0 Å². The molecule has 1 amide bonds. The molecule has 20 heavy (non-hydrogen) atoms. The molecule has 110 valence electrons. The molecule has 0 aliphatic heterocycles. The molecular weight excluding hydrogens is 293 g/mol. The van der Waals surface area contributed by atoms with Gasteiger partial charge in [-0.05, 0) is 12.1 Å². The molecule has 0 bridgehead atoms. The monoisotopic (exact) mass is 306 g/mol. The third-order valence-electron chi connectivity index (χ3n) is 2.38. The number of hydrogen-bond donors (Lipinski definition) is 1. The van der Waals surface area contributed by atoms with Gasteiger partial charge in [-0.15, -0.1) is 0 Å². The number of nitrogens with zero attached hydrogens (tertiary/aromatic N) is 1. The Kier molecular flexibility index (Phi) is 5.46. The molecule has 4 nitrogen and oxygen atoms in total. The fourth-order valence-corrected chi connectivity index (χ4v) is 1.49. The first-order valence-corrected chi connectivity index (χ1v) is 5.92. The predicted octanol–water partition coefficient (Wildman–Crippen LogP) is 1.86. The molecule has 0 radical (unpaired) electrons. The summed E-state index contributed by atoms with van der Waals surface area (Å²) in [6.45, 7) is -2.12. The predicted molar refractivity (Wildman–Crippen MR) is 72.6 cm³/mol. The lowest BCUT2D eigenvalue weighted by molar-refractivity contribution is -0.175. The number of hydrogen-bond acceptors (Lipinski definition) is 3. The number of amides is 1. The summed E-state index contributed by atoms with van der Waals surface area (Å²) >= 11 is 4.81. The molecule has 8 heteroatoms. The second-order valence-electron chi connectivity index (χ2n) is 3.98. The topological polar surface area (TPSA) is 55.6 Å². The highest BCUT2D eigenvalue weighted by Gasteiger charge is 2.28. The number of benzene rings is 1. The molecule has 0 spiro atoms. The van der Waals surface area contributed by atoms with Gasteiger partial charge in [0.2, 0.25) is 0 Å². The molecule has 0 saturated carbocycles. The first kappa shape index (κ1) is 16.4. The van der Waals surface area contributed by atoms with E-state index in [0.29, 0.717) is 11.3 Å². The number of ether oxygens (including phenoxy) is 1. The van der Waals surface area contributed by atoms with E-state index in [9.17, 15) is 18.0 Å². The molecule has 1 aromatic carbocycles. The normalized spacial score (nSPS) is 11.2. The standard InChI is InChI=1S/C12H13F3N2O2S/c1-17(10(18)6-19-7-12(13,14)15)9-4-2-3-8(5-9)11(16)20/h2-5H,6-7H2,1H3,(H2,16,20). The van der Waals surface area contributed by atoms with Gasteiger partial charge < -0.3 is 15.4 Å². The van der Waals surface area contributed by atoms with Crippen LogP contribution in [-0.2, 0) is 9.53 Å². The molecule has 0 saturated heterocycles. The second-order valence-corrected chi connectivity index (χ2v) is 4.42. The SMILES string of the molecule is CN(C(=O)COCC(F)(F)F)c1cccc(C(N)=S)c1. The molecule has 2 N–H and O–H groups in total. The summed E-state index contributed by atoms with van der Waals surface area (Å²) in [5, 5.41) is 0. The van der Waals surface area contributed by atoms with Gasteiger partial charge in [-0.1, -0.05) is 24.4 Å². The molecule has 1 rings (SSSR count). The highest BCUT2D eigenvalue weighted by Crippen LogP contribution is 2.16. The van der Waals surface area contributed by atoms with Crippen LogP contribution in [0.2, 0.25) is 0 Å². The van der Waals surface area contributed by atoms with Crippen molar-refractivity contribution in [1.29, 1.82) is 0 Å². The summed E-state index contributed by atoms with van der Waals surface area (Å²) in [5.41, 5.74) is 6.50. The number of rotatable bonds is 5. The van der Waals surface area contributed by atoms with Gasteiger partial charge in [0.25, 0.3) is 5.91 Å².